The highest BCUT2D eigenvalue weighted by atomic mass is 32.2. The normalized spacial score (nSPS) is 15.0. The minimum atomic E-state index is -0.580. The van der Waals surface area contributed by atoms with Crippen LogP contribution < -0.4 is 5.32 Å². The number of hydrogen-bond acceptors (Lipinski definition) is 7. The summed E-state index contributed by atoms with van der Waals surface area (Å²) in [5, 5.41) is 6.92. The van der Waals surface area contributed by atoms with Gasteiger partial charge in [-0.1, -0.05) is 42.1 Å². The van der Waals surface area contributed by atoms with Gasteiger partial charge in [0.25, 0.3) is 5.91 Å². The summed E-state index contributed by atoms with van der Waals surface area (Å²) in [6.07, 6.45) is -0.00512. The smallest absolute Gasteiger partial charge is 0.338 e. The lowest BCUT2D eigenvalue weighted by atomic mass is 10.2. The summed E-state index contributed by atoms with van der Waals surface area (Å²) in [4.78, 5) is 41.1. The number of aromatic nitrogens is 3. The summed E-state index contributed by atoms with van der Waals surface area (Å²) in [5.41, 5.74) is 1.76. The molecule has 1 N–H and O–H groups in total. The zero-order valence-corrected chi connectivity index (χ0v) is 16.9. The van der Waals surface area contributed by atoms with E-state index in [1.807, 2.05) is 30.3 Å². The van der Waals surface area contributed by atoms with Crippen molar-refractivity contribution in [2.24, 2.45) is 0 Å². The minimum absolute atomic E-state index is 0.00512. The lowest BCUT2D eigenvalue weighted by Crippen LogP contribution is -2.25. The van der Waals surface area contributed by atoms with Crippen LogP contribution in [0, 0.1) is 0 Å². The Morgan fingerprint density at radius 1 is 1.13 bits per heavy atom. The summed E-state index contributed by atoms with van der Waals surface area (Å²) < 4.78 is 6.19. The number of ether oxygens (including phenoxy) is 1. The van der Waals surface area contributed by atoms with Gasteiger partial charge in [0, 0.05) is 17.7 Å². The van der Waals surface area contributed by atoms with E-state index in [1.54, 1.807) is 31.2 Å². The molecule has 9 heteroatoms. The van der Waals surface area contributed by atoms with E-state index in [0.29, 0.717) is 28.8 Å². The highest BCUT2D eigenvalue weighted by Crippen LogP contribution is 2.34. The van der Waals surface area contributed by atoms with Crippen LogP contribution in [-0.2, 0) is 9.53 Å². The van der Waals surface area contributed by atoms with Gasteiger partial charge >= 0.3 is 5.97 Å². The van der Waals surface area contributed by atoms with E-state index < -0.39 is 11.2 Å². The molecule has 0 radical (unpaired) electrons. The second-order valence-corrected chi connectivity index (χ2v) is 7.66. The number of nitrogens with one attached hydrogen (secondary N) is 1. The van der Waals surface area contributed by atoms with Crippen molar-refractivity contribution in [2.45, 2.75) is 23.8 Å². The van der Waals surface area contributed by atoms with E-state index in [4.69, 9.17) is 4.74 Å². The maximum atomic E-state index is 12.6. The number of nitrogens with zero attached hydrogens (tertiary/aromatic N) is 3. The van der Waals surface area contributed by atoms with E-state index in [1.165, 1.54) is 16.4 Å². The van der Waals surface area contributed by atoms with E-state index in [9.17, 15) is 14.4 Å². The Kier molecular flexibility index (Phi) is 5.62. The van der Waals surface area contributed by atoms with Crippen molar-refractivity contribution in [1.29, 1.82) is 0 Å². The van der Waals surface area contributed by atoms with Gasteiger partial charge in [0.15, 0.2) is 11.0 Å². The van der Waals surface area contributed by atoms with Gasteiger partial charge in [-0.15, -0.1) is 5.10 Å². The van der Waals surface area contributed by atoms with Crippen LogP contribution in [0.15, 0.2) is 59.8 Å². The van der Waals surface area contributed by atoms with Crippen LogP contribution in [0.5, 0.6) is 0 Å². The quantitative estimate of drug-likeness (QED) is 0.608. The van der Waals surface area contributed by atoms with Crippen molar-refractivity contribution in [2.75, 3.05) is 11.9 Å². The number of anilines is 1. The zero-order chi connectivity index (χ0) is 21.1. The lowest BCUT2D eigenvalue weighted by Gasteiger charge is -2.09. The van der Waals surface area contributed by atoms with Crippen LogP contribution in [0.4, 0.5) is 5.69 Å². The van der Waals surface area contributed by atoms with Crippen molar-refractivity contribution < 1.29 is 19.1 Å². The lowest BCUT2D eigenvalue weighted by molar-refractivity contribution is -0.116. The van der Waals surface area contributed by atoms with Crippen molar-refractivity contribution in [3.05, 3.63) is 60.2 Å². The first kappa shape index (κ1) is 19.8. The summed E-state index contributed by atoms with van der Waals surface area (Å²) in [5.74, 6) is -0.507. The second kappa shape index (κ2) is 8.50. The van der Waals surface area contributed by atoms with Gasteiger partial charge in [-0.3, -0.25) is 9.59 Å². The number of hydrogen-bond donors (Lipinski definition) is 1. The average Bonchev–Trinajstić information content (AvgIpc) is 3.29. The van der Waals surface area contributed by atoms with Gasteiger partial charge in [0.2, 0.25) is 5.91 Å². The molecule has 0 unspecified atom stereocenters. The number of fused-ring (bicyclic) bond motifs is 1. The van der Waals surface area contributed by atoms with Crippen molar-refractivity contribution >= 4 is 35.2 Å². The van der Waals surface area contributed by atoms with Crippen LogP contribution >= 0.6 is 11.8 Å². The number of carbonyl (C=O) groups is 3. The van der Waals surface area contributed by atoms with Crippen LogP contribution in [0.2, 0.25) is 0 Å². The van der Waals surface area contributed by atoms with Gasteiger partial charge in [-0.2, -0.15) is 4.68 Å². The number of rotatable bonds is 6. The summed E-state index contributed by atoms with van der Waals surface area (Å²) >= 11 is 1.23. The Morgan fingerprint density at radius 2 is 1.87 bits per heavy atom. The first-order valence-corrected chi connectivity index (χ1v) is 10.2. The third-order valence-corrected chi connectivity index (χ3v) is 5.52. The number of esters is 1. The molecule has 2 aromatic carbocycles. The third kappa shape index (κ3) is 4.11. The largest absolute Gasteiger partial charge is 0.462 e. The molecule has 1 atom stereocenters. The fourth-order valence-electron chi connectivity index (χ4n) is 2.95. The third-order valence-electron chi connectivity index (χ3n) is 4.39. The number of carbonyl (C=O) groups excluding carboxylic acids is 3. The number of thioether (sulfide) groups is 1. The van der Waals surface area contributed by atoms with E-state index in [0.717, 1.165) is 5.56 Å². The standard InChI is InChI=1S/C21H18N4O4S/c1-2-29-20(28)14-8-10-15(11-9-14)22-17(26)12-16-19(27)25-21(30-16)23-18(24-25)13-6-4-3-5-7-13/h3-11,16H,2,12H2,1H3,(H,22,26)/t16-/m1/s1. The van der Waals surface area contributed by atoms with E-state index in [2.05, 4.69) is 15.4 Å². The SMILES string of the molecule is CCOC(=O)c1ccc(NC(=O)C[C@H]2Sc3nc(-c4ccccc4)nn3C2=O)cc1. The molecule has 3 aromatic rings. The van der Waals surface area contributed by atoms with E-state index >= 15 is 0 Å². The second-order valence-electron chi connectivity index (χ2n) is 6.49. The summed E-state index contributed by atoms with van der Waals surface area (Å²) in [7, 11) is 0. The van der Waals surface area contributed by atoms with Gasteiger partial charge in [0.05, 0.1) is 12.2 Å². The van der Waals surface area contributed by atoms with E-state index in [-0.39, 0.29) is 18.2 Å². The fourth-order valence-corrected chi connectivity index (χ4v) is 4.01. The fraction of sp³-hybridized carbons (Fsp3) is 0.190. The maximum absolute atomic E-state index is 12.6. The molecule has 1 aliphatic heterocycles. The Hall–Kier alpha value is -3.46. The molecule has 1 aromatic heterocycles. The van der Waals surface area contributed by atoms with Crippen LogP contribution in [0.25, 0.3) is 11.4 Å². The molecule has 0 spiro atoms. The minimum Gasteiger partial charge on any atom is -0.462 e. The molecule has 4 rings (SSSR count). The Balaban J connectivity index is 1.36. The van der Waals surface area contributed by atoms with Crippen molar-refractivity contribution in [1.82, 2.24) is 14.8 Å². The average molecular weight is 422 g/mol. The Morgan fingerprint density at radius 3 is 2.53 bits per heavy atom. The number of benzene rings is 2. The summed E-state index contributed by atoms with van der Waals surface area (Å²) in [6.45, 7) is 2.03. The maximum Gasteiger partial charge on any atom is 0.338 e. The molecule has 0 saturated carbocycles. The molecule has 0 saturated heterocycles. The molecule has 2 heterocycles. The highest BCUT2D eigenvalue weighted by Gasteiger charge is 2.36. The molecule has 1 amide bonds. The van der Waals surface area contributed by atoms with Crippen LogP contribution in [-0.4, -0.2) is 44.4 Å². The van der Waals surface area contributed by atoms with Gasteiger partial charge in [0.1, 0.15) is 5.25 Å². The first-order valence-electron chi connectivity index (χ1n) is 9.35. The molecule has 1 aliphatic rings. The highest BCUT2D eigenvalue weighted by molar-refractivity contribution is 8.00. The van der Waals surface area contributed by atoms with Crippen molar-refractivity contribution in [3.63, 3.8) is 0 Å². The molecule has 0 fully saturated rings. The Bertz CT molecular complexity index is 1100. The van der Waals surface area contributed by atoms with Gasteiger partial charge in [-0.05, 0) is 31.2 Å². The predicted molar refractivity (Wildman–Crippen MR) is 111 cm³/mol. The molecular formula is C21H18N4O4S. The zero-order valence-electron chi connectivity index (χ0n) is 16.1. The predicted octanol–water partition coefficient (Wildman–Crippen LogP) is 3.27. The number of amides is 1. The molecular weight excluding hydrogens is 404 g/mol. The van der Waals surface area contributed by atoms with Gasteiger partial charge < -0.3 is 10.1 Å². The van der Waals surface area contributed by atoms with Crippen LogP contribution in [0.1, 0.15) is 28.5 Å². The van der Waals surface area contributed by atoms with Crippen LogP contribution in [0.3, 0.4) is 0 Å². The van der Waals surface area contributed by atoms with Crippen molar-refractivity contribution in [3.8, 4) is 11.4 Å². The topological polar surface area (TPSA) is 103 Å². The monoisotopic (exact) mass is 422 g/mol. The molecule has 30 heavy (non-hydrogen) atoms. The summed E-state index contributed by atoms with van der Waals surface area (Å²) in [6, 6.07) is 15.8. The molecule has 0 bridgehead atoms. The molecule has 8 nitrogen and oxygen atoms in total. The Labute approximate surface area is 176 Å². The molecule has 0 aliphatic carbocycles. The first-order chi connectivity index (χ1) is 14.5. The van der Waals surface area contributed by atoms with Gasteiger partial charge in [-0.25, -0.2) is 9.78 Å². The molecule has 152 valence electrons.